The normalized spacial score (nSPS) is 15.9. The first kappa shape index (κ1) is 32.9. The van der Waals surface area contributed by atoms with Crippen LogP contribution in [0.3, 0.4) is 0 Å². The van der Waals surface area contributed by atoms with Gasteiger partial charge in [0.2, 0.25) is 9.84 Å². The van der Waals surface area contributed by atoms with E-state index in [-0.39, 0.29) is 0 Å². The minimum absolute atomic E-state index is 0.357. The fourth-order valence-electron chi connectivity index (χ4n) is 9.81. The summed E-state index contributed by atoms with van der Waals surface area (Å²) in [5.74, 6) is 0.629. The molecule has 2 aliphatic carbocycles. The van der Waals surface area contributed by atoms with Gasteiger partial charge in [0.05, 0.1) is 26.6 Å². The van der Waals surface area contributed by atoms with E-state index in [1.165, 1.54) is 0 Å². The van der Waals surface area contributed by atoms with Gasteiger partial charge in [-0.3, -0.25) is 4.98 Å². The summed E-state index contributed by atoms with van der Waals surface area (Å²) >= 11 is 0. The molecule has 0 N–H and O–H groups in total. The van der Waals surface area contributed by atoms with Crippen molar-refractivity contribution in [1.29, 1.82) is 0 Å². The molecule has 3 heterocycles. The van der Waals surface area contributed by atoms with Crippen LogP contribution in [0.5, 0.6) is 0 Å². The van der Waals surface area contributed by atoms with Gasteiger partial charge in [0.25, 0.3) is 0 Å². The Morgan fingerprint density at radius 1 is 0.397 bits per heavy atom. The second-order valence-electron chi connectivity index (χ2n) is 15.1. The molecule has 7 aromatic carbocycles. The monoisotopic (exact) mass is 761 g/mol. The number of hydrogen-bond acceptors (Lipinski definition) is 5. The zero-order valence-corrected chi connectivity index (χ0v) is 31.8. The highest BCUT2D eigenvalue weighted by atomic mass is 32.2. The Hall–Kier alpha value is -7.28. The van der Waals surface area contributed by atoms with Gasteiger partial charge in [-0.15, -0.1) is 0 Å². The summed E-state index contributed by atoms with van der Waals surface area (Å²) in [6.07, 6.45) is 3.61. The smallest absolute Gasteiger partial charge is 0.207 e. The summed E-state index contributed by atoms with van der Waals surface area (Å²) < 4.78 is 28.4. The molecule has 0 saturated heterocycles. The summed E-state index contributed by atoms with van der Waals surface area (Å²) in [5, 5.41) is 0. The van der Waals surface area contributed by atoms with E-state index in [2.05, 4.69) is 108 Å². The molecule has 9 aromatic rings. The van der Waals surface area contributed by atoms with Crippen LogP contribution in [0.2, 0.25) is 0 Å². The van der Waals surface area contributed by atoms with Gasteiger partial charge in [-0.2, -0.15) is 0 Å². The molecule has 1 atom stereocenters. The predicted octanol–water partition coefficient (Wildman–Crippen LogP) is 11.7. The summed E-state index contributed by atoms with van der Waals surface area (Å²) in [7, 11) is -3.72. The van der Waals surface area contributed by atoms with Crippen molar-refractivity contribution in [3.8, 4) is 78.4 Å². The SMILES string of the molecule is O=S1(=O)c2ccccc2-c2c1ccc1c2-c2ccccc2C12c1ccccc1-c1ccccc1-c1ccc(-c3cc(-c4cccnc4)nc(-c4ccccc4)n3)cc12. The van der Waals surface area contributed by atoms with Gasteiger partial charge < -0.3 is 0 Å². The third kappa shape index (κ3) is 4.40. The summed E-state index contributed by atoms with van der Waals surface area (Å²) in [6, 6.07) is 60.2. The second-order valence-corrected chi connectivity index (χ2v) is 17.0. The molecule has 0 bridgehead atoms. The lowest BCUT2D eigenvalue weighted by atomic mass is 9.65. The van der Waals surface area contributed by atoms with Crippen LogP contribution in [-0.4, -0.2) is 23.4 Å². The Labute approximate surface area is 336 Å². The first-order valence-corrected chi connectivity index (χ1v) is 20.8. The second kappa shape index (κ2) is 12.1. The predicted molar refractivity (Wildman–Crippen MR) is 229 cm³/mol. The Morgan fingerprint density at radius 2 is 1.00 bits per heavy atom. The summed E-state index contributed by atoms with van der Waals surface area (Å²) in [6.45, 7) is 0. The highest BCUT2D eigenvalue weighted by Crippen LogP contribution is 2.64. The van der Waals surface area contributed by atoms with E-state index < -0.39 is 15.3 Å². The van der Waals surface area contributed by atoms with Gasteiger partial charge in [0.15, 0.2) is 5.82 Å². The highest BCUT2D eigenvalue weighted by molar-refractivity contribution is 7.92. The van der Waals surface area contributed by atoms with Gasteiger partial charge in [-0.05, 0) is 92.0 Å². The van der Waals surface area contributed by atoms with Gasteiger partial charge in [0.1, 0.15) is 0 Å². The fraction of sp³-hybridized carbons (Fsp3) is 0.0192. The number of fused-ring (bicyclic) bond motifs is 16. The van der Waals surface area contributed by atoms with Crippen LogP contribution in [0.15, 0.2) is 198 Å². The Kier molecular flexibility index (Phi) is 6.87. The Morgan fingerprint density at radius 3 is 1.74 bits per heavy atom. The highest BCUT2D eigenvalue weighted by Gasteiger charge is 2.52. The van der Waals surface area contributed by atoms with Crippen LogP contribution in [-0.2, 0) is 15.3 Å². The van der Waals surface area contributed by atoms with Crippen molar-refractivity contribution in [3.05, 3.63) is 211 Å². The molecule has 1 unspecified atom stereocenters. The van der Waals surface area contributed by atoms with Crippen LogP contribution < -0.4 is 0 Å². The third-order valence-corrected chi connectivity index (χ3v) is 14.0. The van der Waals surface area contributed by atoms with E-state index in [1.807, 2.05) is 72.9 Å². The number of sulfone groups is 1. The maximum atomic E-state index is 14.2. The molecule has 2 aromatic heterocycles. The summed E-state index contributed by atoms with van der Waals surface area (Å²) in [4.78, 5) is 15.4. The lowest BCUT2D eigenvalue weighted by Gasteiger charge is -2.35. The van der Waals surface area contributed by atoms with E-state index >= 15 is 0 Å². The van der Waals surface area contributed by atoms with Crippen LogP contribution in [0, 0.1) is 0 Å². The van der Waals surface area contributed by atoms with Gasteiger partial charge in [-0.25, -0.2) is 18.4 Å². The van der Waals surface area contributed by atoms with Crippen molar-refractivity contribution in [2.75, 3.05) is 0 Å². The zero-order chi connectivity index (χ0) is 38.6. The van der Waals surface area contributed by atoms with Crippen LogP contribution >= 0.6 is 0 Å². The molecular weight excluding hydrogens is 731 g/mol. The minimum Gasteiger partial charge on any atom is -0.264 e. The number of rotatable bonds is 3. The molecule has 0 saturated carbocycles. The standard InChI is InChI=1S/C52H31N3O2S/c56-58(57)47-23-11-8-20-40(47)50-48(58)27-26-43-49(50)39-19-7-10-22-42(39)52(43)41-21-9-6-18-37(41)35-16-4-5-17-36(35)38-25-24-33(29-44(38)52)45-30-46(34-15-12-28-53-31-34)55-51(54-45)32-13-2-1-3-14-32/h1-31H. The van der Waals surface area contributed by atoms with Crippen molar-refractivity contribution >= 4 is 9.84 Å². The van der Waals surface area contributed by atoms with Crippen molar-refractivity contribution < 1.29 is 8.42 Å². The molecule has 0 fully saturated rings. The van der Waals surface area contributed by atoms with Crippen LogP contribution in [0.4, 0.5) is 0 Å². The number of hydrogen-bond donors (Lipinski definition) is 0. The lowest BCUT2D eigenvalue weighted by Crippen LogP contribution is -2.29. The van der Waals surface area contributed by atoms with E-state index in [0.29, 0.717) is 15.6 Å². The summed E-state index contributed by atoms with van der Waals surface area (Å²) in [5.41, 5.74) is 16.0. The Bertz CT molecular complexity index is 3250. The number of aromatic nitrogens is 3. The third-order valence-electron chi connectivity index (χ3n) is 12.2. The molecule has 58 heavy (non-hydrogen) atoms. The van der Waals surface area contributed by atoms with E-state index in [1.54, 1.807) is 12.3 Å². The molecule has 0 radical (unpaired) electrons. The fourth-order valence-corrected chi connectivity index (χ4v) is 11.5. The van der Waals surface area contributed by atoms with Crippen molar-refractivity contribution in [1.82, 2.24) is 15.0 Å². The van der Waals surface area contributed by atoms with Crippen molar-refractivity contribution in [2.24, 2.45) is 0 Å². The van der Waals surface area contributed by atoms with Crippen LogP contribution in [0.25, 0.3) is 78.4 Å². The van der Waals surface area contributed by atoms with E-state index in [4.69, 9.17) is 9.97 Å². The molecule has 272 valence electrons. The first-order chi connectivity index (χ1) is 28.5. The van der Waals surface area contributed by atoms with Crippen LogP contribution in [0.1, 0.15) is 22.3 Å². The average molecular weight is 762 g/mol. The molecular formula is C52H31N3O2S. The molecule has 1 spiro atoms. The number of benzene rings is 7. The lowest BCUT2D eigenvalue weighted by molar-refractivity contribution is 0.598. The molecule has 12 rings (SSSR count). The first-order valence-electron chi connectivity index (χ1n) is 19.3. The molecule has 3 aliphatic rings. The molecule has 1 aliphatic heterocycles. The zero-order valence-electron chi connectivity index (χ0n) is 31.0. The van der Waals surface area contributed by atoms with E-state index in [9.17, 15) is 8.42 Å². The maximum Gasteiger partial charge on any atom is 0.207 e. The quantitative estimate of drug-likeness (QED) is 0.179. The largest absolute Gasteiger partial charge is 0.264 e. The van der Waals surface area contributed by atoms with Crippen molar-refractivity contribution in [3.63, 3.8) is 0 Å². The molecule has 5 nitrogen and oxygen atoms in total. The maximum absolute atomic E-state index is 14.2. The Balaban J connectivity index is 1.22. The van der Waals surface area contributed by atoms with E-state index in [0.717, 1.165) is 94.8 Å². The van der Waals surface area contributed by atoms with Crippen molar-refractivity contribution in [2.45, 2.75) is 15.2 Å². The number of nitrogens with zero attached hydrogens (tertiary/aromatic N) is 3. The van der Waals surface area contributed by atoms with Gasteiger partial charge in [0, 0.05) is 40.2 Å². The van der Waals surface area contributed by atoms with Gasteiger partial charge >= 0.3 is 0 Å². The average Bonchev–Trinajstić information content (AvgIpc) is 3.68. The number of pyridine rings is 1. The topological polar surface area (TPSA) is 72.8 Å². The molecule has 6 heteroatoms. The minimum atomic E-state index is -3.72. The van der Waals surface area contributed by atoms with Gasteiger partial charge in [-0.1, -0.05) is 140 Å². The molecule has 0 amide bonds.